The second-order valence-electron chi connectivity index (χ2n) is 6.38. The molecule has 6 heteroatoms. The number of rotatable bonds is 6. The molecule has 1 aromatic rings. The molecule has 4 nitrogen and oxygen atoms in total. The number of halogens is 1. The summed E-state index contributed by atoms with van der Waals surface area (Å²) in [5, 5.41) is 11.0. The third-order valence-electron chi connectivity index (χ3n) is 3.62. The molecule has 0 spiro atoms. The van der Waals surface area contributed by atoms with Gasteiger partial charge in [0.2, 0.25) is 0 Å². The summed E-state index contributed by atoms with van der Waals surface area (Å²) < 4.78 is 5.55. The molecule has 0 aromatic carbocycles. The number of nitrogens with zero attached hydrogens (tertiary/aromatic N) is 1. The van der Waals surface area contributed by atoms with Crippen molar-refractivity contribution in [3.63, 3.8) is 0 Å². The van der Waals surface area contributed by atoms with Crippen molar-refractivity contribution in [1.29, 1.82) is 0 Å². The molecule has 0 amide bonds. The van der Waals surface area contributed by atoms with Crippen molar-refractivity contribution in [2.24, 2.45) is 10.4 Å². The SMILES string of the molecule is CN=C(NCC(C)c1ccsc1)NCC(OC)C(C)(C)C.I. The lowest BCUT2D eigenvalue weighted by Gasteiger charge is -2.30. The van der Waals surface area contributed by atoms with E-state index in [2.05, 4.69) is 60.1 Å². The molecular weight excluding hydrogens is 409 g/mol. The van der Waals surface area contributed by atoms with E-state index in [1.54, 1.807) is 25.5 Å². The Bertz CT molecular complexity index is 429. The van der Waals surface area contributed by atoms with Crippen molar-refractivity contribution < 1.29 is 4.74 Å². The van der Waals surface area contributed by atoms with Gasteiger partial charge in [0.15, 0.2) is 5.96 Å². The molecule has 128 valence electrons. The standard InChI is InChI=1S/C16H29N3OS.HI/c1-12(13-7-8-21-11-13)9-18-15(17-5)19-10-14(20-6)16(2,3)4;/h7-8,11-12,14H,9-10H2,1-6H3,(H2,17,18,19);1H. The Labute approximate surface area is 156 Å². The van der Waals surface area contributed by atoms with Crippen LogP contribution in [-0.2, 0) is 4.74 Å². The van der Waals surface area contributed by atoms with Crippen LogP contribution >= 0.6 is 35.3 Å². The number of nitrogens with one attached hydrogen (secondary N) is 2. The molecule has 0 radical (unpaired) electrons. The minimum Gasteiger partial charge on any atom is -0.379 e. The quantitative estimate of drug-likeness (QED) is 0.404. The van der Waals surface area contributed by atoms with E-state index >= 15 is 0 Å². The molecule has 0 saturated carbocycles. The van der Waals surface area contributed by atoms with Crippen molar-refractivity contribution in [3.8, 4) is 0 Å². The predicted octanol–water partition coefficient (Wildman–Crippen LogP) is 3.70. The van der Waals surface area contributed by atoms with Gasteiger partial charge in [-0.25, -0.2) is 0 Å². The summed E-state index contributed by atoms with van der Waals surface area (Å²) in [4.78, 5) is 4.27. The summed E-state index contributed by atoms with van der Waals surface area (Å²) in [6.07, 6.45) is 0.144. The van der Waals surface area contributed by atoms with E-state index in [0.29, 0.717) is 5.92 Å². The molecule has 0 bridgehead atoms. The minimum atomic E-state index is 0. The van der Waals surface area contributed by atoms with Crippen molar-refractivity contribution in [2.75, 3.05) is 27.2 Å². The maximum atomic E-state index is 5.55. The van der Waals surface area contributed by atoms with Crippen LogP contribution in [-0.4, -0.2) is 39.3 Å². The summed E-state index contributed by atoms with van der Waals surface area (Å²) in [7, 11) is 3.55. The molecule has 2 unspecified atom stereocenters. The van der Waals surface area contributed by atoms with Crippen LogP contribution in [0.5, 0.6) is 0 Å². The summed E-state index contributed by atoms with van der Waals surface area (Å²) >= 11 is 1.74. The first-order chi connectivity index (χ1) is 9.88. The van der Waals surface area contributed by atoms with Gasteiger partial charge in [-0.1, -0.05) is 27.7 Å². The van der Waals surface area contributed by atoms with E-state index in [4.69, 9.17) is 4.74 Å². The summed E-state index contributed by atoms with van der Waals surface area (Å²) in [6.45, 7) is 10.4. The molecule has 1 rings (SSSR count). The molecular formula is C16H30IN3OS. The highest BCUT2D eigenvalue weighted by Gasteiger charge is 2.24. The smallest absolute Gasteiger partial charge is 0.191 e. The van der Waals surface area contributed by atoms with Gasteiger partial charge in [-0.2, -0.15) is 11.3 Å². The lowest BCUT2D eigenvalue weighted by molar-refractivity contribution is 0.0205. The second kappa shape index (κ2) is 10.4. The maximum absolute atomic E-state index is 5.55. The third kappa shape index (κ3) is 7.28. The monoisotopic (exact) mass is 439 g/mol. The van der Waals surface area contributed by atoms with Crippen LogP contribution in [0.2, 0.25) is 0 Å². The molecule has 0 aliphatic heterocycles. The third-order valence-corrected chi connectivity index (χ3v) is 4.32. The highest BCUT2D eigenvalue weighted by molar-refractivity contribution is 14.0. The molecule has 0 saturated heterocycles. The second-order valence-corrected chi connectivity index (χ2v) is 7.16. The van der Waals surface area contributed by atoms with Gasteiger partial charge in [0.05, 0.1) is 6.10 Å². The van der Waals surface area contributed by atoms with E-state index in [0.717, 1.165) is 19.0 Å². The highest BCUT2D eigenvalue weighted by atomic mass is 127. The molecule has 1 heterocycles. The van der Waals surface area contributed by atoms with E-state index < -0.39 is 0 Å². The first-order valence-corrected chi connectivity index (χ1v) is 8.32. The van der Waals surface area contributed by atoms with E-state index in [9.17, 15) is 0 Å². The Morgan fingerprint density at radius 3 is 2.41 bits per heavy atom. The zero-order chi connectivity index (χ0) is 15.9. The van der Waals surface area contributed by atoms with Crippen molar-refractivity contribution in [2.45, 2.75) is 39.7 Å². The summed E-state index contributed by atoms with van der Waals surface area (Å²) in [6, 6.07) is 2.17. The Morgan fingerprint density at radius 2 is 1.95 bits per heavy atom. The Morgan fingerprint density at radius 1 is 1.32 bits per heavy atom. The van der Waals surface area contributed by atoms with E-state index in [1.807, 2.05) is 0 Å². The van der Waals surface area contributed by atoms with Crippen LogP contribution < -0.4 is 10.6 Å². The fourth-order valence-electron chi connectivity index (χ4n) is 2.08. The molecule has 22 heavy (non-hydrogen) atoms. The zero-order valence-electron chi connectivity index (χ0n) is 14.5. The average Bonchev–Trinajstić information content (AvgIpc) is 2.95. The van der Waals surface area contributed by atoms with Crippen LogP contribution in [0, 0.1) is 5.41 Å². The van der Waals surface area contributed by atoms with Gasteiger partial charge >= 0.3 is 0 Å². The van der Waals surface area contributed by atoms with E-state index in [-0.39, 0.29) is 35.5 Å². The highest BCUT2D eigenvalue weighted by Crippen LogP contribution is 2.21. The van der Waals surface area contributed by atoms with Gasteiger partial charge in [0.25, 0.3) is 0 Å². The van der Waals surface area contributed by atoms with Crippen LogP contribution in [0.4, 0.5) is 0 Å². The first-order valence-electron chi connectivity index (χ1n) is 7.38. The summed E-state index contributed by atoms with van der Waals surface area (Å²) in [5.41, 5.74) is 1.47. The van der Waals surface area contributed by atoms with E-state index in [1.165, 1.54) is 5.56 Å². The molecule has 1 aromatic heterocycles. The fourth-order valence-corrected chi connectivity index (χ4v) is 2.86. The van der Waals surface area contributed by atoms with Crippen LogP contribution in [0.25, 0.3) is 0 Å². The Hall–Kier alpha value is -0.340. The molecule has 2 atom stereocenters. The normalized spacial score (nSPS) is 14.9. The number of ether oxygens (including phenoxy) is 1. The van der Waals surface area contributed by atoms with Gasteiger partial charge in [0.1, 0.15) is 0 Å². The van der Waals surface area contributed by atoms with Gasteiger partial charge < -0.3 is 15.4 Å². The maximum Gasteiger partial charge on any atom is 0.191 e. The fraction of sp³-hybridized carbons (Fsp3) is 0.688. The lowest BCUT2D eigenvalue weighted by Crippen LogP contribution is -2.46. The van der Waals surface area contributed by atoms with Crippen molar-refractivity contribution in [1.82, 2.24) is 10.6 Å². The van der Waals surface area contributed by atoms with Gasteiger partial charge in [-0.05, 0) is 33.7 Å². The Balaban J connectivity index is 0.00000441. The summed E-state index contributed by atoms with van der Waals surface area (Å²) in [5.74, 6) is 1.29. The number of thiophene rings is 1. The van der Waals surface area contributed by atoms with Crippen LogP contribution in [0.3, 0.4) is 0 Å². The number of guanidine groups is 1. The predicted molar refractivity (Wildman–Crippen MR) is 108 cm³/mol. The average molecular weight is 439 g/mol. The Kier molecular flexibility index (Phi) is 10.3. The number of hydrogen-bond acceptors (Lipinski definition) is 3. The van der Waals surface area contributed by atoms with Crippen molar-refractivity contribution >= 4 is 41.3 Å². The van der Waals surface area contributed by atoms with Crippen LogP contribution in [0.15, 0.2) is 21.8 Å². The lowest BCUT2D eigenvalue weighted by atomic mass is 9.89. The van der Waals surface area contributed by atoms with Crippen LogP contribution in [0.1, 0.15) is 39.2 Å². The molecule has 0 fully saturated rings. The zero-order valence-corrected chi connectivity index (χ0v) is 17.6. The van der Waals surface area contributed by atoms with Gasteiger partial charge in [0, 0.05) is 27.2 Å². The number of methoxy groups -OCH3 is 1. The first kappa shape index (κ1) is 21.7. The largest absolute Gasteiger partial charge is 0.379 e. The molecule has 0 aliphatic rings. The minimum absolute atomic E-state index is 0. The number of aliphatic imine (C=N–C) groups is 1. The van der Waals surface area contributed by atoms with Gasteiger partial charge in [-0.15, -0.1) is 24.0 Å². The molecule has 0 aliphatic carbocycles. The number of hydrogen-bond donors (Lipinski definition) is 2. The topological polar surface area (TPSA) is 45.7 Å². The van der Waals surface area contributed by atoms with Crippen molar-refractivity contribution in [3.05, 3.63) is 22.4 Å². The van der Waals surface area contributed by atoms with Gasteiger partial charge in [-0.3, -0.25) is 4.99 Å². The molecule has 2 N–H and O–H groups in total.